The fourth-order valence-electron chi connectivity index (χ4n) is 2.28. The number of imidazole rings is 1. The molecule has 1 fully saturated rings. The van der Waals surface area contributed by atoms with Crippen LogP contribution in [0.25, 0.3) is 0 Å². The molecule has 5 heteroatoms. The van der Waals surface area contributed by atoms with Gasteiger partial charge in [-0.1, -0.05) is 0 Å². The van der Waals surface area contributed by atoms with Crippen LogP contribution in [0.3, 0.4) is 0 Å². The molecular formula is C12H22N4O. The summed E-state index contributed by atoms with van der Waals surface area (Å²) in [6.07, 6.45) is 3.74. The van der Waals surface area contributed by atoms with Crippen LogP contribution in [-0.4, -0.2) is 47.3 Å². The largest absolute Gasteiger partial charge is 0.379 e. The van der Waals surface area contributed by atoms with E-state index < -0.39 is 0 Å². The SMILES string of the molecule is CC(CN1CCOCC1)n1cncc1[C@@H](C)N. The molecule has 0 aliphatic carbocycles. The van der Waals surface area contributed by atoms with Gasteiger partial charge in [-0.15, -0.1) is 0 Å². The maximum atomic E-state index is 5.94. The number of hydrogen-bond donors (Lipinski definition) is 1. The van der Waals surface area contributed by atoms with E-state index in [1.165, 1.54) is 0 Å². The smallest absolute Gasteiger partial charge is 0.0951 e. The normalized spacial score (nSPS) is 21.4. The Bertz CT molecular complexity index is 344. The molecule has 1 unspecified atom stereocenters. The van der Waals surface area contributed by atoms with E-state index in [-0.39, 0.29) is 6.04 Å². The molecule has 0 saturated carbocycles. The molecule has 5 nitrogen and oxygen atoms in total. The lowest BCUT2D eigenvalue weighted by Crippen LogP contribution is -2.39. The van der Waals surface area contributed by atoms with Crippen LogP contribution in [0.2, 0.25) is 0 Å². The molecule has 2 rings (SSSR count). The number of nitrogens with two attached hydrogens (primary N) is 1. The number of morpholine rings is 1. The standard InChI is InChI=1S/C12H22N4O/c1-10(8-15-3-5-17-6-4-15)16-9-14-7-12(16)11(2)13/h7,9-11H,3-6,8,13H2,1-2H3/t10?,11-/m1/s1. The van der Waals surface area contributed by atoms with E-state index in [0.29, 0.717) is 6.04 Å². The van der Waals surface area contributed by atoms with Crippen LogP contribution in [0.4, 0.5) is 0 Å². The second-order valence-corrected chi connectivity index (χ2v) is 4.78. The molecule has 0 aromatic carbocycles. The van der Waals surface area contributed by atoms with E-state index in [2.05, 4.69) is 21.4 Å². The first kappa shape index (κ1) is 12.5. The summed E-state index contributed by atoms with van der Waals surface area (Å²) in [4.78, 5) is 6.63. The summed E-state index contributed by atoms with van der Waals surface area (Å²) in [6.45, 7) is 8.96. The van der Waals surface area contributed by atoms with Crippen molar-refractivity contribution in [2.75, 3.05) is 32.8 Å². The predicted molar refractivity (Wildman–Crippen MR) is 66.8 cm³/mol. The first-order chi connectivity index (χ1) is 8.18. The summed E-state index contributed by atoms with van der Waals surface area (Å²) >= 11 is 0. The molecule has 2 atom stereocenters. The van der Waals surface area contributed by atoms with Crippen LogP contribution >= 0.6 is 0 Å². The fraction of sp³-hybridized carbons (Fsp3) is 0.750. The van der Waals surface area contributed by atoms with Crippen molar-refractivity contribution in [1.29, 1.82) is 0 Å². The lowest BCUT2D eigenvalue weighted by Gasteiger charge is -2.30. The van der Waals surface area contributed by atoms with Gasteiger partial charge in [-0.25, -0.2) is 4.98 Å². The summed E-state index contributed by atoms with van der Waals surface area (Å²) < 4.78 is 7.53. The lowest BCUT2D eigenvalue weighted by molar-refractivity contribution is 0.0324. The van der Waals surface area contributed by atoms with Crippen molar-refractivity contribution in [1.82, 2.24) is 14.5 Å². The predicted octanol–water partition coefficient (Wildman–Crippen LogP) is 0.796. The maximum absolute atomic E-state index is 5.94. The Kier molecular flexibility index (Phi) is 4.15. The third-order valence-corrected chi connectivity index (χ3v) is 3.26. The van der Waals surface area contributed by atoms with Gasteiger partial charge in [-0.3, -0.25) is 4.90 Å². The van der Waals surface area contributed by atoms with E-state index in [1.54, 1.807) is 0 Å². The van der Waals surface area contributed by atoms with Gasteiger partial charge in [0, 0.05) is 37.9 Å². The fourth-order valence-corrected chi connectivity index (χ4v) is 2.28. The number of aromatic nitrogens is 2. The van der Waals surface area contributed by atoms with E-state index in [4.69, 9.17) is 10.5 Å². The van der Waals surface area contributed by atoms with Crippen LogP contribution in [0.5, 0.6) is 0 Å². The Morgan fingerprint density at radius 1 is 1.41 bits per heavy atom. The van der Waals surface area contributed by atoms with Crippen molar-refractivity contribution in [3.8, 4) is 0 Å². The van der Waals surface area contributed by atoms with Crippen LogP contribution in [0, 0.1) is 0 Å². The van der Waals surface area contributed by atoms with Crippen LogP contribution in [0.15, 0.2) is 12.5 Å². The molecule has 96 valence electrons. The van der Waals surface area contributed by atoms with E-state index in [1.807, 2.05) is 19.4 Å². The van der Waals surface area contributed by atoms with Gasteiger partial charge in [0.1, 0.15) is 0 Å². The Morgan fingerprint density at radius 3 is 2.76 bits per heavy atom. The molecule has 2 N–H and O–H groups in total. The van der Waals surface area contributed by atoms with Gasteiger partial charge in [0.05, 0.1) is 25.2 Å². The van der Waals surface area contributed by atoms with Gasteiger partial charge in [-0.2, -0.15) is 0 Å². The highest BCUT2D eigenvalue weighted by Crippen LogP contribution is 2.16. The van der Waals surface area contributed by atoms with Gasteiger partial charge in [0.25, 0.3) is 0 Å². The van der Waals surface area contributed by atoms with E-state index in [9.17, 15) is 0 Å². The summed E-state index contributed by atoms with van der Waals surface area (Å²) in [5.41, 5.74) is 7.04. The van der Waals surface area contributed by atoms with Crippen LogP contribution in [0.1, 0.15) is 31.6 Å². The van der Waals surface area contributed by atoms with Crippen LogP contribution < -0.4 is 5.73 Å². The molecule has 1 aromatic heterocycles. The van der Waals surface area contributed by atoms with Gasteiger partial charge in [0.2, 0.25) is 0 Å². The Hall–Kier alpha value is -0.910. The highest BCUT2D eigenvalue weighted by molar-refractivity contribution is 5.04. The summed E-state index contributed by atoms with van der Waals surface area (Å²) in [7, 11) is 0. The minimum atomic E-state index is 0.0321. The zero-order valence-corrected chi connectivity index (χ0v) is 10.7. The molecule has 2 heterocycles. The molecule has 0 bridgehead atoms. The van der Waals surface area contributed by atoms with Gasteiger partial charge in [0.15, 0.2) is 0 Å². The van der Waals surface area contributed by atoms with Crippen molar-refractivity contribution in [2.24, 2.45) is 5.73 Å². The van der Waals surface area contributed by atoms with E-state index >= 15 is 0 Å². The van der Waals surface area contributed by atoms with E-state index in [0.717, 1.165) is 38.5 Å². The average molecular weight is 238 g/mol. The molecule has 1 saturated heterocycles. The molecule has 1 aliphatic rings. The summed E-state index contributed by atoms with van der Waals surface area (Å²) in [5.74, 6) is 0. The zero-order valence-electron chi connectivity index (χ0n) is 10.7. The topological polar surface area (TPSA) is 56.3 Å². The Labute approximate surface area is 103 Å². The van der Waals surface area contributed by atoms with Gasteiger partial charge < -0.3 is 15.0 Å². The number of rotatable bonds is 4. The monoisotopic (exact) mass is 238 g/mol. The first-order valence-corrected chi connectivity index (χ1v) is 6.26. The van der Waals surface area contributed by atoms with Gasteiger partial charge in [-0.05, 0) is 13.8 Å². The molecule has 17 heavy (non-hydrogen) atoms. The molecule has 1 aromatic rings. The number of ether oxygens (including phenoxy) is 1. The molecule has 1 aliphatic heterocycles. The summed E-state index contributed by atoms with van der Waals surface area (Å²) in [5, 5.41) is 0. The Balaban J connectivity index is 1.98. The average Bonchev–Trinajstić information content (AvgIpc) is 2.79. The summed E-state index contributed by atoms with van der Waals surface area (Å²) in [6, 6.07) is 0.432. The molecule has 0 radical (unpaired) electrons. The number of nitrogens with zero attached hydrogens (tertiary/aromatic N) is 3. The van der Waals surface area contributed by atoms with Crippen molar-refractivity contribution in [3.63, 3.8) is 0 Å². The quantitative estimate of drug-likeness (QED) is 0.843. The highest BCUT2D eigenvalue weighted by atomic mass is 16.5. The second-order valence-electron chi connectivity index (χ2n) is 4.78. The zero-order chi connectivity index (χ0) is 12.3. The van der Waals surface area contributed by atoms with Crippen molar-refractivity contribution < 1.29 is 4.74 Å². The van der Waals surface area contributed by atoms with Crippen molar-refractivity contribution >= 4 is 0 Å². The molecule has 0 amide bonds. The van der Waals surface area contributed by atoms with Crippen molar-refractivity contribution in [3.05, 3.63) is 18.2 Å². The number of hydrogen-bond acceptors (Lipinski definition) is 4. The minimum absolute atomic E-state index is 0.0321. The third-order valence-electron chi connectivity index (χ3n) is 3.26. The Morgan fingerprint density at radius 2 is 2.12 bits per heavy atom. The third kappa shape index (κ3) is 3.06. The first-order valence-electron chi connectivity index (χ1n) is 6.26. The second kappa shape index (κ2) is 5.62. The molecular weight excluding hydrogens is 216 g/mol. The lowest BCUT2D eigenvalue weighted by atomic mass is 10.2. The van der Waals surface area contributed by atoms with Gasteiger partial charge >= 0.3 is 0 Å². The minimum Gasteiger partial charge on any atom is -0.379 e. The van der Waals surface area contributed by atoms with Crippen molar-refractivity contribution in [2.45, 2.75) is 25.9 Å². The molecule has 0 spiro atoms. The highest BCUT2D eigenvalue weighted by Gasteiger charge is 2.17. The maximum Gasteiger partial charge on any atom is 0.0951 e. The van der Waals surface area contributed by atoms with Crippen LogP contribution in [-0.2, 0) is 4.74 Å².